The molecule has 0 fully saturated rings. The molecule has 1 N–H and O–H groups in total. The van der Waals surface area contributed by atoms with Crippen molar-refractivity contribution in [3.63, 3.8) is 0 Å². The molecule has 0 bridgehead atoms. The maximum Gasteiger partial charge on any atom is 0.211 e. The topological polar surface area (TPSA) is 89.8 Å². The Hall–Kier alpha value is -3.73. The van der Waals surface area contributed by atoms with Crippen molar-refractivity contribution in [1.82, 2.24) is 14.3 Å². The molecule has 0 unspecified atom stereocenters. The molecule has 3 aromatic carbocycles. The summed E-state index contributed by atoms with van der Waals surface area (Å²) in [4.78, 5) is 8.06. The van der Waals surface area contributed by atoms with Crippen molar-refractivity contribution in [2.24, 2.45) is 0 Å². The second kappa shape index (κ2) is 9.14. The fourth-order valence-corrected chi connectivity index (χ4v) is 5.49. The average Bonchev–Trinajstić information content (AvgIpc) is 3.35. The van der Waals surface area contributed by atoms with Crippen molar-refractivity contribution < 1.29 is 8.42 Å². The molecule has 176 valence electrons. The minimum Gasteiger partial charge on any atom is -0.338 e. The summed E-state index contributed by atoms with van der Waals surface area (Å²) < 4.78 is 25.6. The largest absolute Gasteiger partial charge is 0.338 e. The molecule has 7 heteroatoms. The Morgan fingerprint density at radius 2 is 1.91 bits per heavy atom. The summed E-state index contributed by atoms with van der Waals surface area (Å²) in [5, 5.41) is 9.03. The second-order valence-electron chi connectivity index (χ2n) is 9.06. The molecule has 4 aromatic rings. The molecule has 0 aliphatic carbocycles. The maximum atomic E-state index is 12.0. The van der Waals surface area contributed by atoms with Gasteiger partial charge in [0.15, 0.2) is 0 Å². The van der Waals surface area contributed by atoms with Crippen LogP contribution in [-0.2, 0) is 29.4 Å². The van der Waals surface area contributed by atoms with Gasteiger partial charge < -0.3 is 4.98 Å². The first kappa shape index (κ1) is 23.0. The summed E-state index contributed by atoms with van der Waals surface area (Å²) in [6, 6.07) is 22.2. The molecule has 1 aliphatic rings. The quantitative estimate of drug-likeness (QED) is 0.441. The van der Waals surface area contributed by atoms with Gasteiger partial charge in [-0.1, -0.05) is 42.5 Å². The van der Waals surface area contributed by atoms with Crippen LogP contribution in [0, 0.1) is 18.3 Å². The highest BCUT2D eigenvalue weighted by molar-refractivity contribution is 7.88. The van der Waals surface area contributed by atoms with E-state index in [9.17, 15) is 8.42 Å². The number of imidazole rings is 1. The van der Waals surface area contributed by atoms with Crippen LogP contribution < -0.4 is 0 Å². The number of nitrogens with zero attached hydrogens (tertiary/aromatic N) is 3. The van der Waals surface area contributed by atoms with Crippen LogP contribution in [-0.4, -0.2) is 35.5 Å². The predicted molar refractivity (Wildman–Crippen MR) is 137 cm³/mol. The van der Waals surface area contributed by atoms with Crippen LogP contribution >= 0.6 is 0 Å². The third kappa shape index (κ3) is 4.76. The van der Waals surface area contributed by atoms with Crippen LogP contribution in [0.4, 0.5) is 0 Å². The summed E-state index contributed by atoms with van der Waals surface area (Å²) >= 11 is 0. The Labute approximate surface area is 205 Å². The predicted octanol–water partition coefficient (Wildman–Crippen LogP) is 4.83. The van der Waals surface area contributed by atoms with Gasteiger partial charge in [-0.3, -0.25) is 0 Å². The molecule has 0 saturated carbocycles. The van der Waals surface area contributed by atoms with Gasteiger partial charge in [0.05, 0.1) is 29.8 Å². The van der Waals surface area contributed by atoms with Gasteiger partial charge in [-0.05, 0) is 71.3 Å². The van der Waals surface area contributed by atoms with E-state index in [2.05, 4.69) is 47.2 Å². The fourth-order valence-electron chi connectivity index (χ4n) is 4.69. The van der Waals surface area contributed by atoms with E-state index in [4.69, 9.17) is 5.26 Å². The van der Waals surface area contributed by atoms with Crippen LogP contribution in [0.5, 0.6) is 0 Å². The number of hydrogen-bond donors (Lipinski definition) is 1. The number of aryl methyl sites for hydroxylation is 1. The van der Waals surface area contributed by atoms with Gasteiger partial charge in [0.1, 0.15) is 5.82 Å². The third-order valence-electron chi connectivity index (χ3n) is 6.65. The Bertz CT molecular complexity index is 1550. The Kier molecular flexibility index (Phi) is 6.01. The molecule has 0 spiro atoms. The smallest absolute Gasteiger partial charge is 0.211 e. The van der Waals surface area contributed by atoms with E-state index in [-0.39, 0.29) is 0 Å². The molecular weight excluding hydrogens is 456 g/mol. The number of nitrogens with one attached hydrogen (secondary N) is 1. The van der Waals surface area contributed by atoms with Crippen molar-refractivity contribution in [3.05, 3.63) is 100 Å². The zero-order valence-corrected chi connectivity index (χ0v) is 20.6. The molecule has 0 atom stereocenters. The highest BCUT2D eigenvalue weighted by Gasteiger charge is 2.24. The van der Waals surface area contributed by atoms with Gasteiger partial charge in [-0.25, -0.2) is 13.4 Å². The van der Waals surface area contributed by atoms with Crippen molar-refractivity contribution in [2.45, 2.75) is 26.3 Å². The zero-order chi connectivity index (χ0) is 24.6. The van der Waals surface area contributed by atoms with Gasteiger partial charge in [0.2, 0.25) is 10.0 Å². The molecular formula is C28H26N4O2S. The molecule has 35 heavy (non-hydrogen) atoms. The Morgan fingerprint density at radius 3 is 2.66 bits per heavy atom. The standard InChI is InChI=1S/C28H26N4O2S/c1-19-6-7-21(14-23-4-3-5-24-18-32(35(2,33)34)13-12-25(23)24)15-26(19)28-30-17-27(31-28)22-10-8-20(16-29)9-11-22/h3-11,15,17H,12-14,18H2,1-2H3,(H,30,31). The summed E-state index contributed by atoms with van der Waals surface area (Å²) in [6.45, 7) is 3.03. The lowest BCUT2D eigenvalue weighted by atomic mass is 9.91. The summed E-state index contributed by atoms with van der Waals surface area (Å²) in [5.41, 5.74) is 9.47. The summed E-state index contributed by atoms with van der Waals surface area (Å²) in [7, 11) is -3.19. The normalized spacial score (nSPS) is 13.9. The molecule has 5 rings (SSSR count). The van der Waals surface area contributed by atoms with E-state index in [1.165, 1.54) is 22.9 Å². The minimum absolute atomic E-state index is 0.436. The number of H-pyrrole nitrogens is 1. The number of rotatable bonds is 5. The zero-order valence-electron chi connectivity index (χ0n) is 19.7. The number of fused-ring (bicyclic) bond motifs is 1. The van der Waals surface area contributed by atoms with E-state index < -0.39 is 10.0 Å². The number of benzene rings is 3. The van der Waals surface area contributed by atoms with Crippen LogP contribution in [0.15, 0.2) is 66.9 Å². The number of sulfonamides is 1. The molecule has 1 aliphatic heterocycles. The van der Waals surface area contributed by atoms with Crippen LogP contribution in [0.25, 0.3) is 22.6 Å². The minimum atomic E-state index is -3.19. The molecule has 0 radical (unpaired) electrons. The number of aromatic nitrogens is 2. The number of nitriles is 1. The first-order valence-electron chi connectivity index (χ1n) is 11.5. The van der Waals surface area contributed by atoms with Gasteiger partial charge in [-0.15, -0.1) is 0 Å². The van der Waals surface area contributed by atoms with E-state index >= 15 is 0 Å². The van der Waals surface area contributed by atoms with Crippen molar-refractivity contribution in [2.75, 3.05) is 12.8 Å². The lowest BCUT2D eigenvalue weighted by Crippen LogP contribution is -2.35. The molecule has 6 nitrogen and oxygen atoms in total. The molecule has 0 amide bonds. The van der Waals surface area contributed by atoms with Crippen LogP contribution in [0.2, 0.25) is 0 Å². The Morgan fingerprint density at radius 1 is 1.11 bits per heavy atom. The third-order valence-corrected chi connectivity index (χ3v) is 7.90. The fraction of sp³-hybridized carbons (Fsp3) is 0.214. The first-order chi connectivity index (χ1) is 16.8. The van der Waals surface area contributed by atoms with Gasteiger partial charge in [0.25, 0.3) is 0 Å². The maximum absolute atomic E-state index is 12.0. The van der Waals surface area contributed by atoms with E-state index in [0.29, 0.717) is 18.7 Å². The molecule has 1 aromatic heterocycles. The monoisotopic (exact) mass is 482 g/mol. The SMILES string of the molecule is Cc1ccc(Cc2cccc3c2CCN(S(C)(=O)=O)C3)cc1-c1ncc(-c2ccc(C#N)cc2)[nH]1. The average molecular weight is 483 g/mol. The second-order valence-corrected chi connectivity index (χ2v) is 11.0. The lowest BCUT2D eigenvalue weighted by Gasteiger charge is -2.28. The number of hydrogen-bond acceptors (Lipinski definition) is 4. The highest BCUT2D eigenvalue weighted by atomic mass is 32.2. The Balaban J connectivity index is 1.42. The molecule has 2 heterocycles. The van der Waals surface area contributed by atoms with Gasteiger partial charge in [0, 0.05) is 18.7 Å². The molecule has 0 saturated heterocycles. The van der Waals surface area contributed by atoms with E-state index in [0.717, 1.165) is 46.6 Å². The van der Waals surface area contributed by atoms with Crippen molar-refractivity contribution >= 4 is 10.0 Å². The summed E-state index contributed by atoms with van der Waals surface area (Å²) in [6.07, 6.45) is 4.60. The van der Waals surface area contributed by atoms with Crippen molar-refractivity contribution in [1.29, 1.82) is 5.26 Å². The van der Waals surface area contributed by atoms with Crippen LogP contribution in [0.3, 0.4) is 0 Å². The van der Waals surface area contributed by atoms with Gasteiger partial charge >= 0.3 is 0 Å². The first-order valence-corrected chi connectivity index (χ1v) is 13.4. The highest BCUT2D eigenvalue weighted by Crippen LogP contribution is 2.29. The lowest BCUT2D eigenvalue weighted by molar-refractivity contribution is 0.394. The van der Waals surface area contributed by atoms with E-state index in [1.807, 2.05) is 30.5 Å². The van der Waals surface area contributed by atoms with Gasteiger partial charge in [-0.2, -0.15) is 9.57 Å². The van der Waals surface area contributed by atoms with E-state index in [1.54, 1.807) is 16.4 Å². The summed E-state index contributed by atoms with van der Waals surface area (Å²) in [5.74, 6) is 0.808. The van der Waals surface area contributed by atoms with Crippen molar-refractivity contribution in [3.8, 4) is 28.7 Å². The number of aromatic amines is 1. The van der Waals surface area contributed by atoms with Crippen LogP contribution in [0.1, 0.15) is 33.4 Å².